The fourth-order valence-corrected chi connectivity index (χ4v) is 4.71. The lowest BCUT2D eigenvalue weighted by Gasteiger charge is -2.25. The monoisotopic (exact) mass is 412 g/mol. The topological polar surface area (TPSA) is 59.8 Å². The van der Waals surface area contributed by atoms with Crippen LogP contribution >= 0.6 is 11.8 Å². The highest BCUT2D eigenvalue weighted by molar-refractivity contribution is 7.99. The van der Waals surface area contributed by atoms with E-state index in [1.54, 1.807) is 23.9 Å². The van der Waals surface area contributed by atoms with Crippen LogP contribution in [-0.2, 0) is 17.1 Å². The van der Waals surface area contributed by atoms with Crippen molar-refractivity contribution < 1.29 is 9.18 Å². The predicted molar refractivity (Wildman–Crippen MR) is 114 cm³/mol. The van der Waals surface area contributed by atoms with Gasteiger partial charge in [-0.3, -0.25) is 4.79 Å². The molecule has 1 aliphatic rings. The van der Waals surface area contributed by atoms with E-state index in [9.17, 15) is 9.18 Å². The molecule has 0 saturated heterocycles. The molecule has 1 amide bonds. The molecule has 3 aromatic rings. The van der Waals surface area contributed by atoms with Crippen LogP contribution in [0.3, 0.4) is 0 Å². The zero-order chi connectivity index (χ0) is 20.1. The number of halogens is 1. The van der Waals surface area contributed by atoms with E-state index in [1.807, 2.05) is 18.3 Å². The maximum atomic E-state index is 13.2. The van der Waals surface area contributed by atoms with Gasteiger partial charge in [0.25, 0.3) is 0 Å². The molecule has 2 aromatic heterocycles. The number of hydrogen-bond acceptors (Lipinski definition) is 4. The van der Waals surface area contributed by atoms with Crippen molar-refractivity contribution in [3.63, 3.8) is 0 Å². The van der Waals surface area contributed by atoms with E-state index in [4.69, 9.17) is 4.98 Å². The maximum Gasteiger partial charge on any atom is 0.230 e. The molecule has 0 aliphatic heterocycles. The van der Waals surface area contributed by atoms with E-state index in [0.717, 1.165) is 35.4 Å². The molecule has 0 radical (unpaired) electrons. The average Bonchev–Trinajstić information content (AvgIpc) is 3.11. The Kier molecular flexibility index (Phi) is 6.44. The minimum Gasteiger partial charge on any atom is -0.351 e. The zero-order valence-corrected chi connectivity index (χ0v) is 17.1. The molecule has 0 unspecified atom stereocenters. The van der Waals surface area contributed by atoms with Gasteiger partial charge in [-0.2, -0.15) is 0 Å². The highest BCUT2D eigenvalue weighted by Crippen LogP contribution is 2.32. The standard InChI is InChI=1S/C22H25FN4OS/c23-17-7-4-6-16(12-17)13-25-21(28)15-29-14-20-26-19-10-5-11-24-22(19)27(20)18-8-2-1-3-9-18/h4-7,10-12,18H,1-3,8-9,13-15H2,(H,25,28). The third-order valence-electron chi connectivity index (χ3n) is 5.30. The highest BCUT2D eigenvalue weighted by atomic mass is 32.2. The lowest BCUT2D eigenvalue weighted by Crippen LogP contribution is -2.24. The number of pyridine rings is 1. The number of rotatable bonds is 7. The number of benzene rings is 1. The molecule has 1 aliphatic carbocycles. The van der Waals surface area contributed by atoms with E-state index in [2.05, 4.69) is 14.9 Å². The Hall–Kier alpha value is -2.41. The van der Waals surface area contributed by atoms with Crippen LogP contribution in [0, 0.1) is 5.82 Å². The molecular formula is C22H25FN4OS. The summed E-state index contributed by atoms with van der Waals surface area (Å²) in [6.07, 6.45) is 7.92. The van der Waals surface area contributed by atoms with E-state index in [-0.39, 0.29) is 11.7 Å². The van der Waals surface area contributed by atoms with Crippen molar-refractivity contribution in [3.8, 4) is 0 Å². The van der Waals surface area contributed by atoms with Gasteiger partial charge in [0.2, 0.25) is 5.91 Å². The van der Waals surface area contributed by atoms with E-state index >= 15 is 0 Å². The van der Waals surface area contributed by atoms with Gasteiger partial charge >= 0.3 is 0 Å². The van der Waals surface area contributed by atoms with Gasteiger partial charge in [-0.15, -0.1) is 11.8 Å². The smallest absolute Gasteiger partial charge is 0.230 e. The quantitative estimate of drug-likeness (QED) is 0.615. The summed E-state index contributed by atoms with van der Waals surface area (Å²) < 4.78 is 15.5. The van der Waals surface area contributed by atoms with E-state index in [1.165, 1.54) is 31.4 Å². The number of carbonyl (C=O) groups excluding carboxylic acids is 1. The van der Waals surface area contributed by atoms with Crippen LogP contribution < -0.4 is 5.32 Å². The van der Waals surface area contributed by atoms with Crippen molar-refractivity contribution in [2.75, 3.05) is 5.75 Å². The van der Waals surface area contributed by atoms with Crippen molar-refractivity contribution in [3.05, 3.63) is 59.8 Å². The first-order valence-electron chi connectivity index (χ1n) is 10.1. The van der Waals surface area contributed by atoms with Gasteiger partial charge in [0.1, 0.15) is 17.2 Å². The SMILES string of the molecule is O=C(CSCc1nc2cccnc2n1C1CCCCC1)NCc1cccc(F)c1. The minimum absolute atomic E-state index is 0.0577. The fourth-order valence-electron chi connectivity index (χ4n) is 3.93. The van der Waals surface area contributed by atoms with Gasteiger partial charge in [0, 0.05) is 18.8 Å². The molecule has 1 saturated carbocycles. The third-order valence-corrected chi connectivity index (χ3v) is 6.23. The van der Waals surface area contributed by atoms with E-state index in [0.29, 0.717) is 24.1 Å². The minimum atomic E-state index is -0.290. The number of nitrogens with one attached hydrogen (secondary N) is 1. The zero-order valence-electron chi connectivity index (χ0n) is 16.3. The molecule has 29 heavy (non-hydrogen) atoms. The van der Waals surface area contributed by atoms with Crippen molar-refractivity contribution in [1.29, 1.82) is 0 Å². The Balaban J connectivity index is 1.37. The summed E-state index contributed by atoms with van der Waals surface area (Å²) in [4.78, 5) is 21.6. The van der Waals surface area contributed by atoms with Crippen LogP contribution in [0.2, 0.25) is 0 Å². The second-order valence-electron chi connectivity index (χ2n) is 7.44. The van der Waals surface area contributed by atoms with Crippen molar-refractivity contribution in [2.24, 2.45) is 0 Å². The summed E-state index contributed by atoms with van der Waals surface area (Å²) in [5.41, 5.74) is 2.63. The number of amides is 1. The third kappa shape index (κ3) is 4.96. The summed E-state index contributed by atoms with van der Waals surface area (Å²) in [6, 6.07) is 10.6. The number of carbonyl (C=O) groups is 1. The Morgan fingerprint density at radius 3 is 2.90 bits per heavy atom. The van der Waals surface area contributed by atoms with Crippen LogP contribution in [0.5, 0.6) is 0 Å². The molecule has 4 rings (SSSR count). The molecule has 2 heterocycles. The molecule has 0 atom stereocenters. The predicted octanol–water partition coefficient (Wildman–Crippen LogP) is 4.63. The average molecular weight is 413 g/mol. The Morgan fingerprint density at radius 1 is 1.21 bits per heavy atom. The Labute approximate surface area is 174 Å². The van der Waals surface area contributed by atoms with Crippen LogP contribution in [0.4, 0.5) is 4.39 Å². The molecule has 1 fully saturated rings. The fraction of sp³-hybridized carbons (Fsp3) is 0.409. The van der Waals surface area contributed by atoms with Gasteiger partial charge in [-0.05, 0) is 42.7 Å². The van der Waals surface area contributed by atoms with Crippen molar-refractivity contribution in [1.82, 2.24) is 19.9 Å². The molecule has 0 spiro atoms. The maximum absolute atomic E-state index is 13.2. The summed E-state index contributed by atoms with van der Waals surface area (Å²) >= 11 is 1.55. The molecule has 152 valence electrons. The molecule has 7 heteroatoms. The van der Waals surface area contributed by atoms with Crippen LogP contribution in [-0.4, -0.2) is 26.2 Å². The molecule has 5 nitrogen and oxygen atoms in total. The van der Waals surface area contributed by atoms with Gasteiger partial charge < -0.3 is 9.88 Å². The Bertz CT molecular complexity index is 984. The lowest BCUT2D eigenvalue weighted by molar-refractivity contribution is -0.118. The molecular weight excluding hydrogens is 387 g/mol. The number of thioether (sulfide) groups is 1. The Morgan fingerprint density at radius 2 is 2.07 bits per heavy atom. The summed E-state index contributed by atoms with van der Waals surface area (Å²) in [7, 11) is 0. The normalized spacial score (nSPS) is 14.9. The lowest BCUT2D eigenvalue weighted by atomic mass is 9.95. The van der Waals surface area contributed by atoms with Gasteiger partial charge in [0.05, 0.1) is 11.5 Å². The molecule has 1 N–H and O–H groups in total. The first kappa shape index (κ1) is 19.9. The van der Waals surface area contributed by atoms with Gasteiger partial charge in [-0.1, -0.05) is 31.4 Å². The van der Waals surface area contributed by atoms with Crippen LogP contribution in [0.15, 0.2) is 42.6 Å². The van der Waals surface area contributed by atoms with Gasteiger partial charge in [-0.25, -0.2) is 14.4 Å². The summed E-state index contributed by atoms with van der Waals surface area (Å²) in [5.74, 6) is 1.66. The second-order valence-corrected chi connectivity index (χ2v) is 8.42. The largest absolute Gasteiger partial charge is 0.351 e. The number of imidazole rings is 1. The summed E-state index contributed by atoms with van der Waals surface area (Å²) in [6.45, 7) is 0.335. The number of hydrogen-bond donors (Lipinski definition) is 1. The van der Waals surface area contributed by atoms with E-state index < -0.39 is 0 Å². The highest BCUT2D eigenvalue weighted by Gasteiger charge is 2.22. The summed E-state index contributed by atoms with van der Waals surface area (Å²) in [5, 5.41) is 2.85. The number of aromatic nitrogens is 3. The number of fused-ring (bicyclic) bond motifs is 1. The molecule has 1 aromatic carbocycles. The van der Waals surface area contributed by atoms with Crippen LogP contribution in [0.25, 0.3) is 11.2 Å². The number of nitrogens with zero attached hydrogens (tertiary/aromatic N) is 3. The van der Waals surface area contributed by atoms with Gasteiger partial charge in [0.15, 0.2) is 5.65 Å². The van der Waals surface area contributed by atoms with Crippen molar-refractivity contribution in [2.45, 2.75) is 50.4 Å². The molecule has 0 bridgehead atoms. The second kappa shape index (κ2) is 9.39. The first-order valence-corrected chi connectivity index (χ1v) is 11.3. The first-order chi connectivity index (χ1) is 14.2. The van der Waals surface area contributed by atoms with Crippen molar-refractivity contribution >= 4 is 28.8 Å². The van der Waals surface area contributed by atoms with Crippen LogP contribution in [0.1, 0.15) is 49.5 Å².